The van der Waals surface area contributed by atoms with Crippen LogP contribution in [0.1, 0.15) is 96.6 Å². The van der Waals surface area contributed by atoms with E-state index in [0.717, 1.165) is 24.8 Å². The molecule has 2 aliphatic carbocycles. The third kappa shape index (κ3) is 4.03. The zero-order valence-corrected chi connectivity index (χ0v) is 19.4. The Hall–Kier alpha value is -1.63. The van der Waals surface area contributed by atoms with Crippen molar-refractivity contribution in [1.29, 1.82) is 0 Å². The van der Waals surface area contributed by atoms with Gasteiger partial charge >= 0.3 is 0 Å². The second-order valence-corrected chi connectivity index (χ2v) is 9.87. The topological polar surface area (TPSA) is 17.1 Å². The molecule has 29 heavy (non-hydrogen) atoms. The quantitative estimate of drug-likeness (QED) is 0.553. The van der Waals surface area contributed by atoms with Crippen LogP contribution < -0.4 is 10.4 Å². The fourth-order valence-electron chi connectivity index (χ4n) is 6.03. The van der Waals surface area contributed by atoms with Crippen LogP contribution in [0, 0.1) is 23.7 Å². The predicted molar refractivity (Wildman–Crippen MR) is 125 cm³/mol. The van der Waals surface area contributed by atoms with Crippen molar-refractivity contribution in [2.45, 2.75) is 85.5 Å². The van der Waals surface area contributed by atoms with Crippen molar-refractivity contribution in [3.8, 4) is 0 Å². The first kappa shape index (κ1) is 22.1. The number of ketones is 1. The van der Waals surface area contributed by atoms with E-state index in [9.17, 15) is 4.79 Å². The molecule has 0 aromatic heterocycles. The van der Waals surface area contributed by atoms with Gasteiger partial charge < -0.3 is 0 Å². The van der Waals surface area contributed by atoms with Crippen molar-refractivity contribution >= 4 is 17.9 Å². The molecule has 5 atom stereocenters. The number of fused-ring (bicyclic) bond motifs is 1. The maximum Gasteiger partial charge on any atom is 0.147 e. The smallest absolute Gasteiger partial charge is 0.147 e. The van der Waals surface area contributed by atoms with Crippen LogP contribution in [0.25, 0.3) is 12.2 Å². The largest absolute Gasteiger partial charge is 0.298 e. The van der Waals surface area contributed by atoms with Gasteiger partial charge in [-0.3, -0.25) is 4.79 Å². The van der Waals surface area contributed by atoms with Crippen molar-refractivity contribution < 1.29 is 4.79 Å². The zero-order valence-electron chi connectivity index (χ0n) is 19.4. The van der Waals surface area contributed by atoms with Gasteiger partial charge in [0.25, 0.3) is 0 Å². The molecular formula is C28H40O. The summed E-state index contributed by atoms with van der Waals surface area (Å²) in [6.07, 6.45) is 10.1. The summed E-state index contributed by atoms with van der Waals surface area (Å²) in [5.41, 5.74) is 3.76. The van der Waals surface area contributed by atoms with E-state index in [2.05, 4.69) is 72.4 Å². The van der Waals surface area contributed by atoms with E-state index in [1.165, 1.54) is 34.4 Å². The molecule has 1 aromatic carbocycles. The van der Waals surface area contributed by atoms with Crippen molar-refractivity contribution in [2.75, 3.05) is 0 Å². The molecule has 0 spiro atoms. The molecule has 2 unspecified atom stereocenters. The molecule has 1 fully saturated rings. The Morgan fingerprint density at radius 3 is 2.31 bits per heavy atom. The highest BCUT2D eigenvalue weighted by Gasteiger charge is 2.44. The Kier molecular flexibility index (Phi) is 6.87. The first-order valence-electron chi connectivity index (χ1n) is 11.8. The molecule has 0 heterocycles. The Morgan fingerprint density at radius 2 is 1.76 bits per heavy atom. The average molecular weight is 393 g/mol. The van der Waals surface area contributed by atoms with E-state index >= 15 is 0 Å². The number of hydrogen-bond donors (Lipinski definition) is 0. The zero-order chi connectivity index (χ0) is 21.3. The monoisotopic (exact) mass is 392 g/mol. The summed E-state index contributed by atoms with van der Waals surface area (Å²) in [5, 5.41) is 2.52. The molecule has 1 heteroatoms. The average Bonchev–Trinajstić information content (AvgIpc) is 2.97. The highest BCUT2D eigenvalue weighted by atomic mass is 16.1. The second-order valence-electron chi connectivity index (χ2n) is 9.87. The minimum atomic E-state index is -0.109. The summed E-state index contributed by atoms with van der Waals surface area (Å²) in [6, 6.07) is 4.64. The number of hydrogen-bond acceptors (Lipinski definition) is 1. The highest BCUT2D eigenvalue weighted by Crippen LogP contribution is 2.50. The summed E-state index contributed by atoms with van der Waals surface area (Å²) in [7, 11) is 0. The van der Waals surface area contributed by atoms with Crippen molar-refractivity contribution in [2.24, 2.45) is 23.7 Å². The Labute approximate surface area is 178 Å². The molecule has 1 aromatic rings. The minimum Gasteiger partial charge on any atom is -0.298 e. The van der Waals surface area contributed by atoms with Crippen molar-refractivity contribution in [3.63, 3.8) is 0 Å². The van der Waals surface area contributed by atoms with Crippen molar-refractivity contribution in [3.05, 3.63) is 45.8 Å². The molecule has 0 radical (unpaired) electrons. The van der Waals surface area contributed by atoms with Crippen molar-refractivity contribution in [1.82, 2.24) is 0 Å². The minimum absolute atomic E-state index is 0.109. The molecule has 2 aliphatic rings. The lowest BCUT2D eigenvalue weighted by Crippen LogP contribution is -2.36. The number of carbonyl (C=O) groups is 1. The predicted octanol–water partition coefficient (Wildman–Crippen LogP) is 6.10. The second kappa shape index (κ2) is 9.02. The number of rotatable bonds is 5. The summed E-state index contributed by atoms with van der Waals surface area (Å²) >= 11 is 0. The van der Waals surface area contributed by atoms with Crippen LogP contribution in [0.2, 0.25) is 0 Å². The standard InChI is InChI=1S/C28H40O/c1-8-11-23-19(7)27(25-16-21(10-3)20(9-2)15-24(23)25)28(29)26-14-18(6)12-13-22(26)17(4)5/h9-10,15-18,22-23,26-27H,7-8,11-14H2,1-6H3/b20-9-,21-10-/t18-,22+,23?,26-,27?/m1/s1. The molecule has 1 nitrogen and oxygen atoms in total. The van der Waals surface area contributed by atoms with E-state index < -0.39 is 0 Å². The van der Waals surface area contributed by atoms with E-state index in [-0.39, 0.29) is 11.8 Å². The van der Waals surface area contributed by atoms with Gasteiger partial charge in [0.1, 0.15) is 5.78 Å². The SMILES string of the molecule is C=C1C(CCC)c2cc(=C/C)/c(=C\C)cc2C1C(=O)[C@@H]1C[C@H](C)CC[C@H]1C(C)C. The van der Waals surface area contributed by atoms with Gasteiger partial charge in [-0.25, -0.2) is 0 Å². The highest BCUT2D eigenvalue weighted by molar-refractivity contribution is 5.93. The van der Waals surface area contributed by atoms with Crippen LogP contribution in [0.3, 0.4) is 0 Å². The van der Waals surface area contributed by atoms with E-state index in [1.54, 1.807) is 0 Å². The fourth-order valence-corrected chi connectivity index (χ4v) is 6.03. The van der Waals surface area contributed by atoms with Gasteiger partial charge in [-0.1, -0.05) is 77.0 Å². The van der Waals surface area contributed by atoms with E-state index in [4.69, 9.17) is 0 Å². The summed E-state index contributed by atoms with van der Waals surface area (Å²) in [6.45, 7) is 17.9. The Morgan fingerprint density at radius 1 is 1.14 bits per heavy atom. The number of carbonyl (C=O) groups excluding carboxylic acids is 1. The third-order valence-corrected chi connectivity index (χ3v) is 7.67. The van der Waals surface area contributed by atoms with E-state index in [0.29, 0.717) is 29.5 Å². The number of benzene rings is 1. The van der Waals surface area contributed by atoms with Crippen LogP contribution >= 0.6 is 0 Å². The first-order valence-corrected chi connectivity index (χ1v) is 11.8. The summed E-state index contributed by atoms with van der Waals surface area (Å²) < 4.78 is 0. The van der Waals surface area contributed by atoms with Gasteiger partial charge in [0.05, 0.1) is 5.92 Å². The first-order chi connectivity index (χ1) is 13.8. The van der Waals surface area contributed by atoms with Gasteiger partial charge in [0, 0.05) is 11.8 Å². The van der Waals surface area contributed by atoms with Gasteiger partial charge in [0.2, 0.25) is 0 Å². The fraction of sp³-hybridized carbons (Fsp3) is 0.607. The van der Waals surface area contributed by atoms with E-state index in [1.807, 2.05) is 0 Å². The normalized spacial score (nSPS) is 30.9. The van der Waals surface area contributed by atoms with Crippen LogP contribution in [0.15, 0.2) is 24.3 Å². The maximum absolute atomic E-state index is 14.1. The molecule has 0 amide bonds. The maximum atomic E-state index is 14.1. The molecule has 0 aliphatic heterocycles. The van der Waals surface area contributed by atoms with Crippen LogP contribution in [-0.2, 0) is 4.79 Å². The van der Waals surface area contributed by atoms with Gasteiger partial charge in [0.15, 0.2) is 0 Å². The molecule has 0 saturated heterocycles. The molecule has 3 rings (SSSR count). The third-order valence-electron chi connectivity index (χ3n) is 7.67. The lowest BCUT2D eigenvalue weighted by atomic mass is 9.66. The number of Topliss-reactive ketones (excluding diaryl/α,β-unsaturated/α-hetero) is 1. The number of allylic oxidation sites excluding steroid dienone is 1. The molecule has 158 valence electrons. The van der Waals surface area contributed by atoms with Crippen LogP contribution in [0.5, 0.6) is 0 Å². The Bertz CT molecular complexity index is 888. The molecule has 1 saturated carbocycles. The van der Waals surface area contributed by atoms with Crippen LogP contribution in [-0.4, -0.2) is 5.78 Å². The van der Waals surface area contributed by atoms with Gasteiger partial charge in [-0.15, -0.1) is 0 Å². The summed E-state index contributed by atoms with van der Waals surface area (Å²) in [5.74, 6) is 2.58. The van der Waals surface area contributed by atoms with Crippen LogP contribution in [0.4, 0.5) is 0 Å². The van der Waals surface area contributed by atoms with Gasteiger partial charge in [-0.05, 0) is 72.4 Å². The molecule has 0 N–H and O–H groups in total. The summed E-state index contributed by atoms with van der Waals surface area (Å²) in [4.78, 5) is 14.1. The molecular weight excluding hydrogens is 352 g/mol. The lowest BCUT2D eigenvalue weighted by molar-refractivity contribution is -0.127. The lowest BCUT2D eigenvalue weighted by Gasteiger charge is -2.38. The van der Waals surface area contributed by atoms with Gasteiger partial charge in [-0.2, -0.15) is 0 Å². The molecule has 0 bridgehead atoms. The Balaban J connectivity index is 2.10.